The van der Waals surface area contributed by atoms with Crippen molar-refractivity contribution in [3.8, 4) is 0 Å². The van der Waals surface area contributed by atoms with Crippen molar-refractivity contribution in [2.45, 2.75) is 13.3 Å². The first-order valence-electron chi connectivity index (χ1n) is 4.38. The summed E-state index contributed by atoms with van der Waals surface area (Å²) in [4.78, 5) is 16.2. The second-order valence-corrected chi connectivity index (χ2v) is 3.95. The molecule has 86 valence electrons. The normalized spacial score (nSPS) is 9.53. The van der Waals surface area contributed by atoms with Gasteiger partial charge in [-0.3, -0.25) is 0 Å². The van der Waals surface area contributed by atoms with Crippen molar-refractivity contribution in [3.05, 3.63) is 15.6 Å². The fraction of sp³-hybridized carbons (Fsp3) is 0.556. The van der Waals surface area contributed by atoms with E-state index in [9.17, 15) is 4.79 Å². The summed E-state index contributed by atoms with van der Waals surface area (Å²) >= 11 is 1.41. The van der Waals surface area contributed by atoms with Crippen molar-refractivity contribution >= 4 is 29.7 Å². The lowest BCUT2D eigenvalue weighted by Crippen LogP contribution is -2.09. The Kier molecular flexibility index (Phi) is 6.47. The summed E-state index contributed by atoms with van der Waals surface area (Å²) in [6.07, 6.45) is 0.846. The summed E-state index contributed by atoms with van der Waals surface area (Å²) in [5.41, 5.74) is 0.757. The molecule has 0 radical (unpaired) electrons. The Hall–Kier alpha value is -0.650. The fourth-order valence-corrected chi connectivity index (χ4v) is 2.06. The first kappa shape index (κ1) is 14.3. The molecule has 0 aliphatic carbocycles. The zero-order valence-electron chi connectivity index (χ0n) is 8.99. The number of aryl methyl sites for hydroxylation is 1. The van der Waals surface area contributed by atoms with Gasteiger partial charge in [0.05, 0.1) is 17.8 Å². The van der Waals surface area contributed by atoms with Gasteiger partial charge in [0.25, 0.3) is 0 Å². The van der Waals surface area contributed by atoms with Gasteiger partial charge >= 0.3 is 5.97 Å². The lowest BCUT2D eigenvalue weighted by Gasteiger charge is -1.93. The molecular weight excluding hydrogens is 236 g/mol. The van der Waals surface area contributed by atoms with Gasteiger partial charge < -0.3 is 10.1 Å². The average molecular weight is 251 g/mol. The van der Waals surface area contributed by atoms with Crippen LogP contribution < -0.4 is 5.32 Å². The summed E-state index contributed by atoms with van der Waals surface area (Å²) in [5, 5.41) is 4.01. The first-order valence-corrected chi connectivity index (χ1v) is 5.20. The molecule has 0 aromatic carbocycles. The maximum absolute atomic E-state index is 11.3. The van der Waals surface area contributed by atoms with E-state index in [1.165, 1.54) is 18.4 Å². The highest BCUT2D eigenvalue weighted by atomic mass is 35.5. The quantitative estimate of drug-likeness (QED) is 0.822. The number of nitrogens with one attached hydrogen (secondary N) is 1. The van der Waals surface area contributed by atoms with Crippen LogP contribution in [-0.2, 0) is 11.2 Å². The van der Waals surface area contributed by atoms with Gasteiger partial charge in [0.2, 0.25) is 0 Å². The molecule has 0 aliphatic rings. The number of halogens is 1. The van der Waals surface area contributed by atoms with Crippen LogP contribution in [0.1, 0.15) is 20.4 Å². The Labute approximate surface area is 99.5 Å². The molecule has 0 saturated heterocycles. The Bertz CT molecular complexity index is 328. The average Bonchev–Trinajstić information content (AvgIpc) is 2.55. The van der Waals surface area contributed by atoms with Gasteiger partial charge in [-0.1, -0.05) is 0 Å². The molecule has 6 heteroatoms. The van der Waals surface area contributed by atoms with Crippen molar-refractivity contribution < 1.29 is 9.53 Å². The number of rotatable bonds is 4. The number of esters is 1. The van der Waals surface area contributed by atoms with Crippen LogP contribution >= 0.6 is 23.7 Å². The zero-order chi connectivity index (χ0) is 10.6. The third kappa shape index (κ3) is 3.77. The second kappa shape index (κ2) is 6.76. The maximum Gasteiger partial charge on any atom is 0.349 e. The first-order chi connectivity index (χ1) is 6.69. The lowest BCUT2D eigenvalue weighted by molar-refractivity contribution is 0.0605. The molecule has 0 atom stereocenters. The smallest absolute Gasteiger partial charge is 0.349 e. The highest BCUT2D eigenvalue weighted by molar-refractivity contribution is 7.13. The van der Waals surface area contributed by atoms with Crippen LogP contribution in [-0.4, -0.2) is 31.7 Å². The molecule has 1 heterocycles. The van der Waals surface area contributed by atoms with Crippen LogP contribution in [0.15, 0.2) is 0 Å². The largest absolute Gasteiger partial charge is 0.465 e. The van der Waals surface area contributed by atoms with Gasteiger partial charge in [-0.25, -0.2) is 9.78 Å². The van der Waals surface area contributed by atoms with Gasteiger partial charge in [-0.05, 0) is 14.0 Å². The molecule has 0 bridgehead atoms. The predicted octanol–water partition coefficient (Wildman–Crippen LogP) is 1.42. The van der Waals surface area contributed by atoms with E-state index < -0.39 is 0 Å². The maximum atomic E-state index is 11.3. The van der Waals surface area contributed by atoms with Crippen molar-refractivity contribution in [1.82, 2.24) is 10.3 Å². The molecule has 0 spiro atoms. The van der Waals surface area contributed by atoms with E-state index in [-0.39, 0.29) is 18.4 Å². The molecule has 1 N–H and O–H groups in total. The van der Waals surface area contributed by atoms with Crippen LogP contribution in [0.25, 0.3) is 0 Å². The van der Waals surface area contributed by atoms with Crippen molar-refractivity contribution in [3.63, 3.8) is 0 Å². The molecule has 1 rings (SSSR count). The Morgan fingerprint density at radius 3 is 2.80 bits per heavy atom. The molecule has 4 nitrogen and oxygen atoms in total. The lowest BCUT2D eigenvalue weighted by atomic mass is 10.4. The Morgan fingerprint density at radius 2 is 2.27 bits per heavy atom. The number of hydrogen-bond donors (Lipinski definition) is 1. The number of aromatic nitrogens is 1. The summed E-state index contributed by atoms with van der Waals surface area (Å²) in [7, 11) is 3.27. The molecule has 0 fully saturated rings. The molecule has 15 heavy (non-hydrogen) atoms. The Morgan fingerprint density at radius 1 is 1.60 bits per heavy atom. The molecule has 0 saturated carbocycles. The van der Waals surface area contributed by atoms with Crippen LogP contribution in [0, 0.1) is 6.92 Å². The van der Waals surface area contributed by atoms with Crippen LogP contribution in [0.2, 0.25) is 0 Å². The summed E-state index contributed by atoms with van der Waals surface area (Å²) in [6.45, 7) is 2.69. The van der Waals surface area contributed by atoms with Gasteiger partial charge in [-0.15, -0.1) is 23.7 Å². The van der Waals surface area contributed by atoms with Gasteiger partial charge in [-0.2, -0.15) is 0 Å². The van der Waals surface area contributed by atoms with E-state index in [2.05, 4.69) is 15.0 Å². The number of hydrogen-bond acceptors (Lipinski definition) is 5. The summed E-state index contributed by atoms with van der Waals surface area (Å²) in [5.74, 6) is -0.296. The van der Waals surface area contributed by atoms with Crippen molar-refractivity contribution in [2.75, 3.05) is 20.7 Å². The highest BCUT2D eigenvalue weighted by Crippen LogP contribution is 2.18. The molecule has 0 amide bonds. The Balaban J connectivity index is 0.00000196. The molecule has 1 aromatic rings. The van der Waals surface area contributed by atoms with Gasteiger partial charge in [0.1, 0.15) is 4.88 Å². The fourth-order valence-electron chi connectivity index (χ4n) is 1.07. The van der Waals surface area contributed by atoms with Gasteiger partial charge in [0, 0.05) is 13.0 Å². The monoisotopic (exact) mass is 250 g/mol. The van der Waals surface area contributed by atoms with Crippen LogP contribution in [0.3, 0.4) is 0 Å². The van der Waals surface area contributed by atoms with E-state index in [0.29, 0.717) is 4.88 Å². The van der Waals surface area contributed by atoms with Crippen molar-refractivity contribution in [1.29, 1.82) is 0 Å². The van der Waals surface area contributed by atoms with Crippen molar-refractivity contribution in [2.24, 2.45) is 0 Å². The number of nitrogens with zero attached hydrogens (tertiary/aromatic N) is 1. The van der Waals surface area contributed by atoms with Gasteiger partial charge in [0.15, 0.2) is 0 Å². The number of carbonyl (C=O) groups excluding carboxylic acids is 1. The minimum atomic E-state index is -0.296. The molecule has 1 aromatic heterocycles. The van der Waals surface area contributed by atoms with E-state index >= 15 is 0 Å². The number of ether oxygens (including phenoxy) is 1. The minimum Gasteiger partial charge on any atom is -0.465 e. The second-order valence-electron chi connectivity index (χ2n) is 2.87. The molecule has 0 unspecified atom stereocenters. The topological polar surface area (TPSA) is 51.2 Å². The molecule has 0 aliphatic heterocycles. The van der Waals surface area contributed by atoms with Crippen LogP contribution in [0.4, 0.5) is 0 Å². The minimum absolute atomic E-state index is 0. The zero-order valence-corrected chi connectivity index (χ0v) is 10.6. The van der Waals surface area contributed by atoms with Crippen LogP contribution in [0.5, 0.6) is 0 Å². The third-order valence-corrected chi connectivity index (χ3v) is 3.00. The van der Waals surface area contributed by atoms with E-state index in [1.54, 1.807) is 0 Å². The number of thiazole rings is 1. The number of likely N-dealkylation sites (N-methyl/N-ethyl adjacent to an activating group) is 1. The van der Waals surface area contributed by atoms with E-state index in [0.717, 1.165) is 23.7 Å². The number of carbonyl (C=O) groups is 1. The summed E-state index contributed by atoms with van der Waals surface area (Å²) < 4.78 is 4.65. The number of methoxy groups -OCH3 is 1. The molecular formula is C9H15ClN2O2S. The summed E-state index contributed by atoms with van der Waals surface area (Å²) in [6, 6.07) is 0. The van der Waals surface area contributed by atoms with E-state index in [1.807, 2.05) is 14.0 Å². The predicted molar refractivity (Wildman–Crippen MR) is 63.1 cm³/mol. The highest BCUT2D eigenvalue weighted by Gasteiger charge is 2.14. The standard InChI is InChI=1S/C9H14N2O2S.ClH/c1-6-8(9(12)13-3)14-7(11-6)4-5-10-2;/h10H,4-5H2,1-3H3;1H. The third-order valence-electron chi connectivity index (χ3n) is 1.80. The SMILES string of the molecule is CNCCc1nc(C)c(C(=O)OC)s1.Cl. The van der Waals surface area contributed by atoms with E-state index in [4.69, 9.17) is 0 Å².